The molecule has 1 amide bonds. The molecule has 120 valence electrons. The highest BCUT2D eigenvalue weighted by Crippen LogP contribution is 2.29. The zero-order chi connectivity index (χ0) is 16.5. The maximum Gasteiger partial charge on any atom is 0.259 e. The van der Waals surface area contributed by atoms with Crippen molar-refractivity contribution in [3.8, 4) is 5.82 Å². The van der Waals surface area contributed by atoms with Gasteiger partial charge in [0.1, 0.15) is 18.5 Å². The lowest BCUT2D eigenvalue weighted by molar-refractivity contribution is 0.0985. The van der Waals surface area contributed by atoms with Crippen LogP contribution < -0.4 is 4.90 Å². The normalized spacial score (nSPS) is 13.6. The van der Waals surface area contributed by atoms with Gasteiger partial charge in [0.25, 0.3) is 5.91 Å². The summed E-state index contributed by atoms with van der Waals surface area (Å²) >= 11 is 0. The molecule has 0 N–H and O–H groups in total. The van der Waals surface area contributed by atoms with E-state index in [-0.39, 0.29) is 5.91 Å². The van der Waals surface area contributed by atoms with Crippen LogP contribution in [0.15, 0.2) is 49.2 Å². The van der Waals surface area contributed by atoms with Crippen LogP contribution in [0.1, 0.15) is 27.9 Å². The molecule has 0 saturated heterocycles. The molecule has 0 radical (unpaired) electrons. The van der Waals surface area contributed by atoms with Crippen molar-refractivity contribution in [1.82, 2.24) is 19.7 Å². The van der Waals surface area contributed by atoms with Gasteiger partial charge in [0.15, 0.2) is 0 Å². The van der Waals surface area contributed by atoms with Crippen LogP contribution >= 0.6 is 0 Å². The molecule has 3 aromatic rings. The number of amides is 1. The number of pyridine rings is 1. The Morgan fingerprint density at radius 3 is 2.71 bits per heavy atom. The zero-order valence-electron chi connectivity index (χ0n) is 13.4. The van der Waals surface area contributed by atoms with E-state index in [2.05, 4.69) is 34.2 Å². The summed E-state index contributed by atoms with van der Waals surface area (Å²) in [5.41, 5.74) is 4.06. The number of benzene rings is 1. The summed E-state index contributed by atoms with van der Waals surface area (Å²) < 4.78 is 1.70. The van der Waals surface area contributed by atoms with E-state index < -0.39 is 0 Å². The van der Waals surface area contributed by atoms with Crippen LogP contribution in [0.25, 0.3) is 5.82 Å². The minimum atomic E-state index is -0.0115. The van der Waals surface area contributed by atoms with Crippen molar-refractivity contribution in [3.05, 3.63) is 65.9 Å². The van der Waals surface area contributed by atoms with E-state index in [1.165, 1.54) is 11.1 Å². The van der Waals surface area contributed by atoms with Gasteiger partial charge in [0.05, 0.1) is 5.56 Å². The van der Waals surface area contributed by atoms with Gasteiger partial charge in [-0.05, 0) is 43.5 Å². The van der Waals surface area contributed by atoms with Gasteiger partial charge in [-0.25, -0.2) is 4.98 Å². The summed E-state index contributed by atoms with van der Waals surface area (Å²) in [6, 6.07) is 9.87. The van der Waals surface area contributed by atoms with Gasteiger partial charge in [-0.1, -0.05) is 17.7 Å². The molecule has 1 aliphatic heterocycles. The molecule has 2 aromatic heterocycles. The van der Waals surface area contributed by atoms with Crippen molar-refractivity contribution < 1.29 is 4.79 Å². The molecule has 1 aromatic carbocycles. The second kappa shape index (κ2) is 5.88. The average molecular weight is 319 g/mol. The van der Waals surface area contributed by atoms with Crippen LogP contribution in [0, 0.1) is 6.92 Å². The van der Waals surface area contributed by atoms with Crippen molar-refractivity contribution in [2.75, 3.05) is 11.4 Å². The summed E-state index contributed by atoms with van der Waals surface area (Å²) in [5.74, 6) is 0.675. The molecule has 0 fully saturated rings. The SMILES string of the molecule is Cc1ccc2c(c1)CCCN2C(=O)c1ccc(-n2cnnc2)nc1. The molecular weight excluding hydrogens is 302 g/mol. The number of rotatable bonds is 2. The third-order valence-corrected chi connectivity index (χ3v) is 4.28. The van der Waals surface area contributed by atoms with Gasteiger partial charge in [-0.15, -0.1) is 10.2 Å². The minimum Gasteiger partial charge on any atom is -0.308 e. The van der Waals surface area contributed by atoms with Gasteiger partial charge < -0.3 is 4.90 Å². The Morgan fingerprint density at radius 2 is 1.96 bits per heavy atom. The van der Waals surface area contributed by atoms with E-state index in [0.29, 0.717) is 11.4 Å². The van der Waals surface area contributed by atoms with Crippen LogP contribution in [-0.2, 0) is 6.42 Å². The maximum atomic E-state index is 12.9. The summed E-state index contributed by atoms with van der Waals surface area (Å²) in [5, 5.41) is 7.52. The van der Waals surface area contributed by atoms with E-state index in [4.69, 9.17) is 0 Å². The largest absolute Gasteiger partial charge is 0.308 e. The number of carbonyl (C=O) groups excluding carboxylic acids is 1. The molecule has 0 unspecified atom stereocenters. The van der Waals surface area contributed by atoms with Gasteiger partial charge in [-0.2, -0.15) is 0 Å². The predicted molar refractivity (Wildman–Crippen MR) is 90.3 cm³/mol. The average Bonchev–Trinajstić information content (AvgIpc) is 3.15. The van der Waals surface area contributed by atoms with E-state index in [1.807, 2.05) is 11.0 Å². The highest BCUT2D eigenvalue weighted by Gasteiger charge is 2.23. The van der Waals surface area contributed by atoms with Crippen LogP contribution in [0.2, 0.25) is 0 Å². The first-order valence-corrected chi connectivity index (χ1v) is 7.95. The second-order valence-corrected chi connectivity index (χ2v) is 5.97. The molecule has 0 atom stereocenters. The van der Waals surface area contributed by atoms with Crippen LogP contribution in [0.5, 0.6) is 0 Å². The number of carbonyl (C=O) groups is 1. The maximum absolute atomic E-state index is 12.9. The molecule has 0 bridgehead atoms. The summed E-state index contributed by atoms with van der Waals surface area (Å²) in [6.07, 6.45) is 6.76. The Morgan fingerprint density at radius 1 is 1.12 bits per heavy atom. The number of aryl methyl sites for hydroxylation is 2. The Kier molecular flexibility index (Phi) is 3.57. The molecule has 4 rings (SSSR count). The summed E-state index contributed by atoms with van der Waals surface area (Å²) in [6.45, 7) is 2.82. The van der Waals surface area contributed by atoms with Crippen molar-refractivity contribution in [2.45, 2.75) is 19.8 Å². The van der Waals surface area contributed by atoms with Gasteiger partial charge in [-0.3, -0.25) is 9.36 Å². The standard InChI is InChI=1S/C18H17N5O/c1-13-4-6-16-14(9-13)3-2-8-23(16)18(24)15-5-7-17(19-10-15)22-11-20-21-12-22/h4-7,9-12H,2-3,8H2,1H3. The van der Waals surface area contributed by atoms with Crippen molar-refractivity contribution >= 4 is 11.6 Å². The predicted octanol–water partition coefficient (Wildman–Crippen LogP) is 2.56. The minimum absolute atomic E-state index is 0.0115. The number of hydrogen-bond donors (Lipinski definition) is 0. The molecule has 0 aliphatic carbocycles. The number of hydrogen-bond acceptors (Lipinski definition) is 4. The second-order valence-electron chi connectivity index (χ2n) is 5.97. The van der Waals surface area contributed by atoms with Crippen molar-refractivity contribution in [1.29, 1.82) is 0 Å². The van der Waals surface area contributed by atoms with E-state index >= 15 is 0 Å². The number of nitrogens with zero attached hydrogens (tertiary/aromatic N) is 5. The Hall–Kier alpha value is -3.02. The fourth-order valence-electron chi connectivity index (χ4n) is 3.08. The van der Waals surface area contributed by atoms with Crippen molar-refractivity contribution in [3.63, 3.8) is 0 Å². The molecular formula is C18H17N5O. The molecule has 6 nitrogen and oxygen atoms in total. The highest BCUT2D eigenvalue weighted by molar-refractivity contribution is 6.06. The lowest BCUT2D eigenvalue weighted by Gasteiger charge is -2.29. The van der Waals surface area contributed by atoms with E-state index in [9.17, 15) is 4.79 Å². The first-order chi connectivity index (χ1) is 11.7. The zero-order valence-corrected chi connectivity index (χ0v) is 13.4. The summed E-state index contributed by atoms with van der Waals surface area (Å²) in [4.78, 5) is 19.1. The number of aromatic nitrogens is 4. The molecule has 6 heteroatoms. The lowest BCUT2D eigenvalue weighted by Crippen LogP contribution is -2.35. The van der Waals surface area contributed by atoms with Gasteiger partial charge in [0, 0.05) is 18.4 Å². The Bertz CT molecular complexity index is 871. The molecule has 0 spiro atoms. The fraction of sp³-hybridized carbons (Fsp3) is 0.222. The molecule has 0 saturated carbocycles. The van der Waals surface area contributed by atoms with Crippen LogP contribution in [-0.4, -0.2) is 32.2 Å². The first kappa shape index (κ1) is 14.6. The quantitative estimate of drug-likeness (QED) is 0.728. The van der Waals surface area contributed by atoms with E-state index in [1.54, 1.807) is 35.6 Å². The third kappa shape index (κ3) is 2.56. The van der Waals surface area contributed by atoms with Crippen LogP contribution in [0.4, 0.5) is 5.69 Å². The monoisotopic (exact) mass is 319 g/mol. The van der Waals surface area contributed by atoms with Gasteiger partial charge in [0.2, 0.25) is 0 Å². The van der Waals surface area contributed by atoms with Gasteiger partial charge >= 0.3 is 0 Å². The van der Waals surface area contributed by atoms with Crippen LogP contribution in [0.3, 0.4) is 0 Å². The Balaban J connectivity index is 1.63. The topological polar surface area (TPSA) is 63.9 Å². The highest BCUT2D eigenvalue weighted by atomic mass is 16.2. The number of fused-ring (bicyclic) bond motifs is 1. The fourth-order valence-corrected chi connectivity index (χ4v) is 3.08. The number of anilines is 1. The third-order valence-electron chi connectivity index (χ3n) is 4.28. The Labute approximate surface area is 139 Å². The molecule has 3 heterocycles. The first-order valence-electron chi connectivity index (χ1n) is 7.95. The van der Waals surface area contributed by atoms with E-state index in [0.717, 1.165) is 25.1 Å². The summed E-state index contributed by atoms with van der Waals surface area (Å²) in [7, 11) is 0. The smallest absolute Gasteiger partial charge is 0.259 e. The van der Waals surface area contributed by atoms with Crippen molar-refractivity contribution in [2.24, 2.45) is 0 Å². The molecule has 1 aliphatic rings. The lowest BCUT2D eigenvalue weighted by atomic mass is 9.99. The molecule has 24 heavy (non-hydrogen) atoms.